The predicted molar refractivity (Wildman–Crippen MR) is 71.8 cm³/mol. The van der Waals surface area contributed by atoms with E-state index in [9.17, 15) is 4.39 Å². The van der Waals surface area contributed by atoms with E-state index in [0.717, 1.165) is 16.3 Å². The Labute approximate surface area is 101 Å². The van der Waals surface area contributed by atoms with Crippen molar-refractivity contribution in [2.24, 2.45) is 0 Å². The Kier molecular flexibility index (Phi) is 3.38. The molecule has 0 nitrogen and oxygen atoms in total. The van der Waals surface area contributed by atoms with Gasteiger partial charge in [-0.1, -0.05) is 55.1 Å². The number of hydrogen-bond donors (Lipinski definition) is 0. The average molecular weight is 226 g/mol. The van der Waals surface area contributed by atoms with Gasteiger partial charge in [-0.3, -0.25) is 0 Å². The van der Waals surface area contributed by atoms with E-state index < -0.39 is 0 Å². The van der Waals surface area contributed by atoms with Gasteiger partial charge >= 0.3 is 0 Å². The van der Waals surface area contributed by atoms with Crippen LogP contribution in [0.15, 0.2) is 67.5 Å². The summed E-state index contributed by atoms with van der Waals surface area (Å²) in [4.78, 5) is 0. The molecule has 0 aromatic heterocycles. The van der Waals surface area contributed by atoms with E-state index in [2.05, 4.69) is 13.2 Å². The maximum absolute atomic E-state index is 13.4. The molecule has 0 spiro atoms. The van der Waals surface area contributed by atoms with Crippen LogP contribution in [0.25, 0.3) is 10.8 Å². The van der Waals surface area contributed by atoms with Gasteiger partial charge < -0.3 is 0 Å². The number of hydrogen-bond acceptors (Lipinski definition) is 0. The Morgan fingerprint density at radius 1 is 1.18 bits per heavy atom. The topological polar surface area (TPSA) is 0 Å². The van der Waals surface area contributed by atoms with Crippen LogP contribution >= 0.6 is 0 Å². The molecule has 0 bridgehead atoms. The van der Waals surface area contributed by atoms with Crippen molar-refractivity contribution in [3.05, 3.63) is 73.1 Å². The highest BCUT2D eigenvalue weighted by Crippen LogP contribution is 2.30. The molecule has 0 aliphatic heterocycles. The SMILES string of the molecule is C=CCC(C(=C)F)c1ccc2ccccc2c1. The molecule has 2 aromatic rings. The lowest BCUT2D eigenvalue weighted by Gasteiger charge is -2.13. The summed E-state index contributed by atoms with van der Waals surface area (Å²) in [6, 6.07) is 14.1. The molecular weight excluding hydrogens is 211 g/mol. The quantitative estimate of drug-likeness (QED) is 0.645. The van der Waals surface area contributed by atoms with Gasteiger partial charge in [-0.05, 0) is 22.8 Å². The third-order valence-electron chi connectivity index (χ3n) is 2.96. The first-order valence-electron chi connectivity index (χ1n) is 5.66. The molecular formula is C16H15F. The summed E-state index contributed by atoms with van der Waals surface area (Å²) in [5, 5.41) is 2.29. The second-order valence-electron chi connectivity index (χ2n) is 4.13. The normalized spacial score (nSPS) is 12.3. The summed E-state index contributed by atoms with van der Waals surface area (Å²) in [5.41, 5.74) is 0.955. The molecule has 0 aliphatic carbocycles. The number of benzene rings is 2. The van der Waals surface area contributed by atoms with Crippen LogP contribution in [0.3, 0.4) is 0 Å². The Morgan fingerprint density at radius 2 is 1.88 bits per heavy atom. The fourth-order valence-corrected chi connectivity index (χ4v) is 2.04. The zero-order chi connectivity index (χ0) is 12.3. The first-order valence-corrected chi connectivity index (χ1v) is 5.66. The molecule has 0 radical (unpaired) electrons. The minimum absolute atomic E-state index is 0.280. The molecule has 0 aliphatic rings. The summed E-state index contributed by atoms with van der Waals surface area (Å²) in [6.45, 7) is 7.08. The van der Waals surface area contributed by atoms with Crippen LogP contribution in [0.5, 0.6) is 0 Å². The summed E-state index contributed by atoms with van der Waals surface area (Å²) in [6.07, 6.45) is 2.30. The van der Waals surface area contributed by atoms with Crippen molar-refractivity contribution in [1.29, 1.82) is 0 Å². The standard InChI is InChI=1S/C16H15F/c1-3-6-16(12(2)17)15-10-9-13-7-4-5-8-14(13)11-15/h3-5,7-11,16H,1-2,6H2. The van der Waals surface area contributed by atoms with Gasteiger partial charge in [0.15, 0.2) is 0 Å². The molecule has 1 atom stereocenters. The third kappa shape index (κ3) is 2.44. The minimum atomic E-state index is -0.305. The number of halogens is 1. The van der Waals surface area contributed by atoms with E-state index in [1.807, 2.05) is 42.5 Å². The second kappa shape index (κ2) is 4.96. The highest BCUT2D eigenvalue weighted by molar-refractivity contribution is 5.83. The van der Waals surface area contributed by atoms with Gasteiger partial charge in [-0.25, -0.2) is 4.39 Å². The lowest BCUT2D eigenvalue weighted by molar-refractivity contribution is 0.550. The van der Waals surface area contributed by atoms with Crippen molar-refractivity contribution in [1.82, 2.24) is 0 Å². The van der Waals surface area contributed by atoms with E-state index in [4.69, 9.17) is 0 Å². The van der Waals surface area contributed by atoms with Gasteiger partial charge in [0.05, 0.1) is 0 Å². The fourth-order valence-electron chi connectivity index (χ4n) is 2.04. The monoisotopic (exact) mass is 226 g/mol. The molecule has 0 amide bonds. The molecule has 2 rings (SSSR count). The number of allylic oxidation sites excluding steroid dienone is 2. The van der Waals surface area contributed by atoms with Crippen molar-refractivity contribution in [2.75, 3.05) is 0 Å². The lowest BCUT2D eigenvalue weighted by atomic mass is 9.93. The largest absolute Gasteiger partial charge is 0.212 e. The molecule has 86 valence electrons. The van der Waals surface area contributed by atoms with E-state index in [1.54, 1.807) is 6.08 Å². The van der Waals surface area contributed by atoms with Crippen molar-refractivity contribution in [3.63, 3.8) is 0 Å². The van der Waals surface area contributed by atoms with Crippen molar-refractivity contribution in [3.8, 4) is 0 Å². The summed E-state index contributed by atoms with van der Waals surface area (Å²) >= 11 is 0. The Balaban J connectivity index is 2.46. The molecule has 1 unspecified atom stereocenters. The van der Waals surface area contributed by atoms with Crippen LogP contribution < -0.4 is 0 Å². The maximum atomic E-state index is 13.4. The van der Waals surface area contributed by atoms with Gasteiger partial charge in [0.2, 0.25) is 0 Å². The zero-order valence-corrected chi connectivity index (χ0v) is 9.70. The van der Waals surface area contributed by atoms with Crippen LogP contribution in [0.1, 0.15) is 17.9 Å². The van der Waals surface area contributed by atoms with Crippen molar-refractivity contribution in [2.45, 2.75) is 12.3 Å². The number of fused-ring (bicyclic) bond motifs is 1. The van der Waals surface area contributed by atoms with Crippen LogP contribution in [-0.2, 0) is 0 Å². The van der Waals surface area contributed by atoms with E-state index in [-0.39, 0.29) is 11.7 Å². The maximum Gasteiger partial charge on any atom is 0.101 e. The van der Waals surface area contributed by atoms with Gasteiger partial charge in [-0.2, -0.15) is 0 Å². The number of rotatable bonds is 4. The van der Waals surface area contributed by atoms with Gasteiger partial charge in [-0.15, -0.1) is 6.58 Å². The fraction of sp³-hybridized carbons (Fsp3) is 0.125. The first-order chi connectivity index (χ1) is 8.22. The molecule has 0 fully saturated rings. The molecule has 0 heterocycles. The molecule has 0 saturated carbocycles. The van der Waals surface area contributed by atoms with E-state index in [1.165, 1.54) is 0 Å². The molecule has 1 heteroatoms. The average Bonchev–Trinajstić information content (AvgIpc) is 2.35. The second-order valence-corrected chi connectivity index (χ2v) is 4.13. The Morgan fingerprint density at radius 3 is 2.53 bits per heavy atom. The Bertz CT molecular complexity index is 554. The summed E-state index contributed by atoms with van der Waals surface area (Å²) in [7, 11) is 0. The van der Waals surface area contributed by atoms with Gasteiger partial charge in [0.1, 0.15) is 5.83 Å². The van der Waals surface area contributed by atoms with Crippen LogP contribution in [0.4, 0.5) is 4.39 Å². The van der Waals surface area contributed by atoms with Gasteiger partial charge in [0.25, 0.3) is 0 Å². The van der Waals surface area contributed by atoms with Crippen LogP contribution in [-0.4, -0.2) is 0 Å². The molecule has 0 saturated heterocycles. The summed E-state index contributed by atoms with van der Waals surface area (Å²) < 4.78 is 13.4. The van der Waals surface area contributed by atoms with Crippen LogP contribution in [0.2, 0.25) is 0 Å². The van der Waals surface area contributed by atoms with E-state index >= 15 is 0 Å². The van der Waals surface area contributed by atoms with Gasteiger partial charge in [0, 0.05) is 5.92 Å². The van der Waals surface area contributed by atoms with E-state index in [0.29, 0.717) is 6.42 Å². The third-order valence-corrected chi connectivity index (χ3v) is 2.96. The molecule has 0 N–H and O–H groups in total. The Hall–Kier alpha value is -1.89. The lowest BCUT2D eigenvalue weighted by Crippen LogP contribution is -1.97. The molecule has 2 aromatic carbocycles. The zero-order valence-electron chi connectivity index (χ0n) is 9.70. The van der Waals surface area contributed by atoms with Crippen molar-refractivity contribution >= 4 is 10.8 Å². The first kappa shape index (κ1) is 11.6. The highest BCUT2D eigenvalue weighted by atomic mass is 19.1. The smallest absolute Gasteiger partial charge is 0.101 e. The predicted octanol–water partition coefficient (Wildman–Crippen LogP) is 4.98. The van der Waals surface area contributed by atoms with Crippen LogP contribution in [0, 0.1) is 0 Å². The summed E-state index contributed by atoms with van der Waals surface area (Å²) in [5.74, 6) is -0.586. The minimum Gasteiger partial charge on any atom is -0.212 e. The molecule has 17 heavy (non-hydrogen) atoms. The highest BCUT2D eigenvalue weighted by Gasteiger charge is 2.13. The van der Waals surface area contributed by atoms with Crippen molar-refractivity contribution < 1.29 is 4.39 Å².